The molecule has 164 valence electrons. The number of carbonyl (C=O) groups excluding carboxylic acids is 2. The molecule has 3 N–H and O–H groups in total. The highest BCUT2D eigenvalue weighted by molar-refractivity contribution is 7.94. The first-order chi connectivity index (χ1) is 14.5. The topological polar surface area (TPSA) is 143 Å². The van der Waals surface area contributed by atoms with Gasteiger partial charge >= 0.3 is 0 Å². The van der Waals surface area contributed by atoms with Gasteiger partial charge in [-0.2, -0.15) is 0 Å². The predicted octanol–water partition coefficient (Wildman–Crippen LogP) is 3.65. The monoisotopic (exact) mass is 500 g/mol. The highest BCUT2D eigenvalue weighted by atomic mass is 35.5. The van der Waals surface area contributed by atoms with Gasteiger partial charge in [-0.3, -0.25) is 14.3 Å². The van der Waals surface area contributed by atoms with Crippen molar-refractivity contribution in [1.82, 2.24) is 15.0 Å². The zero-order chi connectivity index (χ0) is 22.9. The van der Waals surface area contributed by atoms with Crippen molar-refractivity contribution in [3.63, 3.8) is 0 Å². The first kappa shape index (κ1) is 23.1. The molecule has 0 saturated carbocycles. The molecule has 0 spiro atoms. The van der Waals surface area contributed by atoms with Crippen molar-refractivity contribution in [2.24, 2.45) is 0 Å². The van der Waals surface area contributed by atoms with Gasteiger partial charge in [0, 0.05) is 25.6 Å². The average Bonchev–Trinajstić information content (AvgIpc) is 3.18. The van der Waals surface area contributed by atoms with Crippen LogP contribution in [0.2, 0.25) is 5.15 Å². The number of amides is 2. The number of thiazole rings is 2. The second-order valence-corrected chi connectivity index (χ2v) is 10.6. The molecule has 10 nitrogen and oxygen atoms in total. The molecule has 0 aliphatic carbocycles. The number of nitrogens with one attached hydrogen (secondary N) is 3. The molecule has 3 aromatic rings. The van der Waals surface area contributed by atoms with Crippen LogP contribution >= 0.6 is 34.3 Å². The lowest BCUT2D eigenvalue weighted by Crippen LogP contribution is -2.13. The molecular weight excluding hydrogens is 484 g/mol. The molecule has 0 bridgehead atoms. The van der Waals surface area contributed by atoms with E-state index in [4.69, 9.17) is 11.6 Å². The fourth-order valence-corrected chi connectivity index (χ4v) is 6.26. The molecule has 0 saturated heterocycles. The van der Waals surface area contributed by atoms with Crippen LogP contribution in [0.15, 0.2) is 16.5 Å². The Kier molecular flexibility index (Phi) is 6.59. The summed E-state index contributed by atoms with van der Waals surface area (Å²) in [5.41, 5.74) is 1.53. The normalized spacial score (nSPS) is 11.3. The van der Waals surface area contributed by atoms with Crippen LogP contribution in [-0.2, 0) is 19.6 Å². The summed E-state index contributed by atoms with van der Waals surface area (Å²) in [7, 11) is -4.04. The number of aromatic nitrogens is 3. The zero-order valence-corrected chi connectivity index (χ0v) is 19.9. The number of aryl methyl sites for hydroxylation is 2. The highest BCUT2D eigenvalue weighted by Crippen LogP contribution is 2.36. The van der Waals surface area contributed by atoms with Crippen LogP contribution in [0.4, 0.5) is 16.0 Å². The number of halogens is 1. The van der Waals surface area contributed by atoms with Crippen LogP contribution < -0.4 is 15.4 Å². The molecule has 0 atom stereocenters. The molecule has 0 fully saturated rings. The van der Waals surface area contributed by atoms with Crippen LogP contribution in [0.5, 0.6) is 0 Å². The minimum Gasteiger partial charge on any atom is -0.302 e. The molecule has 2 amide bonds. The van der Waals surface area contributed by atoms with Crippen LogP contribution in [0, 0.1) is 13.8 Å². The Morgan fingerprint density at radius 2 is 1.58 bits per heavy atom. The maximum absolute atomic E-state index is 12.9. The van der Waals surface area contributed by atoms with E-state index in [0.29, 0.717) is 21.3 Å². The molecule has 0 aliphatic heterocycles. The lowest BCUT2D eigenvalue weighted by molar-refractivity contribution is -0.115. The quantitative estimate of drug-likeness (QED) is 0.438. The minimum atomic E-state index is -4.04. The Morgan fingerprint density at radius 3 is 2.19 bits per heavy atom. The summed E-state index contributed by atoms with van der Waals surface area (Å²) in [5, 5.41) is 5.64. The van der Waals surface area contributed by atoms with Crippen molar-refractivity contribution in [1.29, 1.82) is 0 Å². The Morgan fingerprint density at radius 1 is 1.00 bits per heavy atom. The van der Waals surface area contributed by atoms with Gasteiger partial charge in [0.25, 0.3) is 10.0 Å². The third-order valence-corrected chi connectivity index (χ3v) is 8.18. The maximum Gasteiger partial charge on any atom is 0.273 e. The fraction of sp³-hybridized carbons (Fsp3) is 0.235. The SMILES string of the molecule is CC(=O)Nc1nc(C)c(-c2cnc(Cl)c(NS(=O)(=O)c3sc(NC(C)=O)nc3C)c2)s1. The molecule has 3 aromatic heterocycles. The molecule has 31 heavy (non-hydrogen) atoms. The summed E-state index contributed by atoms with van der Waals surface area (Å²) in [6.07, 6.45) is 1.49. The largest absolute Gasteiger partial charge is 0.302 e. The molecule has 0 unspecified atom stereocenters. The molecule has 0 aromatic carbocycles. The van der Waals surface area contributed by atoms with Crippen LogP contribution in [0.3, 0.4) is 0 Å². The third kappa shape index (κ3) is 5.36. The van der Waals surface area contributed by atoms with E-state index in [1.807, 2.05) is 0 Å². The van der Waals surface area contributed by atoms with E-state index in [2.05, 4.69) is 30.3 Å². The maximum atomic E-state index is 12.9. The summed E-state index contributed by atoms with van der Waals surface area (Å²) in [6.45, 7) is 5.97. The lowest BCUT2D eigenvalue weighted by Gasteiger charge is -2.09. The second-order valence-electron chi connectivity index (χ2n) is 6.36. The molecular formula is C17H17ClN6O4S3. The third-order valence-electron chi connectivity index (χ3n) is 3.71. The Balaban J connectivity index is 1.94. The van der Waals surface area contributed by atoms with Crippen molar-refractivity contribution in [2.75, 3.05) is 15.4 Å². The molecule has 3 rings (SSSR count). The number of hydrogen-bond acceptors (Lipinski definition) is 9. The summed E-state index contributed by atoms with van der Waals surface area (Å²) < 4.78 is 28.2. The van der Waals surface area contributed by atoms with E-state index >= 15 is 0 Å². The smallest absolute Gasteiger partial charge is 0.273 e. The van der Waals surface area contributed by atoms with Gasteiger partial charge in [0.15, 0.2) is 19.6 Å². The van der Waals surface area contributed by atoms with E-state index in [9.17, 15) is 18.0 Å². The second kappa shape index (κ2) is 8.86. The molecule has 14 heteroatoms. The number of carbonyl (C=O) groups is 2. The number of nitrogens with zero attached hydrogens (tertiary/aromatic N) is 3. The minimum absolute atomic E-state index is 0.0409. The van der Waals surface area contributed by atoms with Gasteiger partial charge in [-0.05, 0) is 19.9 Å². The Bertz CT molecular complexity index is 1290. The van der Waals surface area contributed by atoms with Gasteiger partial charge in [0.1, 0.15) is 0 Å². The van der Waals surface area contributed by atoms with E-state index in [0.717, 1.165) is 11.3 Å². The average molecular weight is 501 g/mol. The van der Waals surface area contributed by atoms with E-state index in [1.165, 1.54) is 44.4 Å². The highest BCUT2D eigenvalue weighted by Gasteiger charge is 2.24. The molecule has 0 radical (unpaired) electrons. The van der Waals surface area contributed by atoms with Gasteiger partial charge in [-0.25, -0.2) is 23.4 Å². The molecule has 0 aliphatic rings. The molecule has 3 heterocycles. The summed E-state index contributed by atoms with van der Waals surface area (Å²) >= 11 is 8.18. The van der Waals surface area contributed by atoms with Crippen molar-refractivity contribution in [3.05, 3.63) is 28.8 Å². The van der Waals surface area contributed by atoms with Crippen molar-refractivity contribution >= 4 is 72.1 Å². The lowest BCUT2D eigenvalue weighted by atomic mass is 10.2. The number of hydrogen-bond donors (Lipinski definition) is 3. The van der Waals surface area contributed by atoms with Crippen LogP contribution in [0.1, 0.15) is 25.2 Å². The fourth-order valence-electron chi connectivity index (χ4n) is 2.54. The number of rotatable bonds is 6. The number of sulfonamides is 1. The first-order valence-electron chi connectivity index (χ1n) is 8.65. The van der Waals surface area contributed by atoms with E-state index in [1.54, 1.807) is 6.92 Å². The van der Waals surface area contributed by atoms with Gasteiger partial charge in [0.2, 0.25) is 11.8 Å². The summed E-state index contributed by atoms with van der Waals surface area (Å²) in [4.78, 5) is 35.6. The summed E-state index contributed by atoms with van der Waals surface area (Å²) in [6, 6.07) is 1.54. The van der Waals surface area contributed by atoms with Crippen LogP contribution in [0.25, 0.3) is 10.4 Å². The standard InChI is InChI=1S/C17H17ClN6O4S3/c1-7-13(29-16(20-7)22-9(3)25)11-5-12(14(18)19-6-11)24-31(27,28)15-8(2)21-17(30-15)23-10(4)26/h5-6,24H,1-4H3,(H,20,22,25)(H,21,23,26). The summed E-state index contributed by atoms with van der Waals surface area (Å²) in [5.74, 6) is -0.606. The zero-order valence-electron chi connectivity index (χ0n) is 16.7. The van der Waals surface area contributed by atoms with Crippen LogP contribution in [-0.4, -0.2) is 35.2 Å². The van der Waals surface area contributed by atoms with Gasteiger partial charge < -0.3 is 10.6 Å². The Labute approximate surface area is 191 Å². The van der Waals surface area contributed by atoms with Gasteiger partial charge in [0.05, 0.1) is 22.0 Å². The van der Waals surface area contributed by atoms with Gasteiger partial charge in [-0.1, -0.05) is 34.3 Å². The van der Waals surface area contributed by atoms with Crippen molar-refractivity contribution in [2.45, 2.75) is 31.9 Å². The van der Waals surface area contributed by atoms with Crippen molar-refractivity contribution in [3.8, 4) is 10.4 Å². The number of anilines is 3. The number of pyridine rings is 1. The first-order valence-corrected chi connectivity index (χ1v) is 12.1. The van der Waals surface area contributed by atoms with E-state index < -0.39 is 10.0 Å². The Hall–Kier alpha value is -2.61. The van der Waals surface area contributed by atoms with Gasteiger partial charge in [-0.15, -0.1) is 0 Å². The van der Waals surface area contributed by atoms with Crippen molar-refractivity contribution < 1.29 is 18.0 Å². The predicted molar refractivity (Wildman–Crippen MR) is 121 cm³/mol. The van der Waals surface area contributed by atoms with E-state index in [-0.39, 0.29) is 37.7 Å².